The van der Waals surface area contributed by atoms with Crippen molar-refractivity contribution >= 4 is 84.8 Å². The molecular formula is C45H26N4S2. The molecule has 0 amide bonds. The smallest absolute Gasteiger partial charge is 0.164 e. The predicted molar refractivity (Wildman–Crippen MR) is 216 cm³/mol. The molecule has 238 valence electrons. The molecule has 4 nitrogen and oxygen atoms in total. The summed E-state index contributed by atoms with van der Waals surface area (Å²) in [5, 5.41) is 6.72. The molecule has 0 saturated carbocycles. The highest BCUT2D eigenvalue weighted by atomic mass is 32.1. The molecule has 0 aliphatic heterocycles. The van der Waals surface area contributed by atoms with Gasteiger partial charge in [-0.1, -0.05) is 90.9 Å². The lowest BCUT2D eigenvalue weighted by atomic mass is 10.1. The van der Waals surface area contributed by atoms with Crippen molar-refractivity contribution in [3.63, 3.8) is 0 Å². The summed E-state index contributed by atoms with van der Waals surface area (Å²) in [5.41, 5.74) is 4.69. The molecule has 0 spiro atoms. The van der Waals surface area contributed by atoms with Gasteiger partial charge >= 0.3 is 0 Å². The molecule has 0 radical (unpaired) electrons. The first kappa shape index (κ1) is 24.0. The highest BCUT2D eigenvalue weighted by Gasteiger charge is 2.19. The van der Waals surface area contributed by atoms with Crippen molar-refractivity contribution in [3.8, 4) is 39.9 Å². The third-order valence-electron chi connectivity index (χ3n) is 9.55. The minimum atomic E-state index is -0.470. The Bertz CT molecular complexity index is 3380. The van der Waals surface area contributed by atoms with Crippen molar-refractivity contribution in [1.29, 1.82) is 0 Å². The zero-order valence-corrected chi connectivity index (χ0v) is 28.4. The first-order valence-corrected chi connectivity index (χ1v) is 18.2. The van der Waals surface area contributed by atoms with Crippen LogP contribution in [0, 0.1) is 0 Å². The van der Waals surface area contributed by atoms with E-state index >= 15 is 0 Å². The van der Waals surface area contributed by atoms with Gasteiger partial charge in [-0.25, -0.2) is 15.0 Å². The summed E-state index contributed by atoms with van der Waals surface area (Å²) in [7, 11) is 0. The second kappa shape index (κ2) is 11.2. The van der Waals surface area contributed by atoms with Crippen LogP contribution in [0.5, 0.6) is 0 Å². The van der Waals surface area contributed by atoms with Gasteiger partial charge in [0, 0.05) is 67.8 Å². The van der Waals surface area contributed by atoms with Crippen molar-refractivity contribution in [1.82, 2.24) is 19.5 Å². The van der Waals surface area contributed by atoms with E-state index in [1.54, 1.807) is 22.7 Å². The van der Waals surface area contributed by atoms with Crippen LogP contribution < -0.4 is 0 Å². The normalized spacial score (nSPS) is 13.3. The van der Waals surface area contributed by atoms with Gasteiger partial charge in [-0.2, -0.15) is 0 Å². The Balaban J connectivity index is 1.17. The highest BCUT2D eigenvalue weighted by molar-refractivity contribution is 7.26. The lowest BCUT2D eigenvalue weighted by Crippen LogP contribution is -2.00. The number of para-hydroxylation sites is 2. The zero-order valence-electron chi connectivity index (χ0n) is 31.7. The molecule has 0 saturated heterocycles. The average Bonchev–Trinajstić information content (AvgIpc) is 3.91. The number of hydrogen-bond donors (Lipinski definition) is 0. The van der Waals surface area contributed by atoms with Gasteiger partial charge in [0.2, 0.25) is 0 Å². The number of thiophene rings is 2. The highest BCUT2D eigenvalue weighted by Crippen LogP contribution is 2.42. The topological polar surface area (TPSA) is 43.6 Å². The fourth-order valence-corrected chi connectivity index (χ4v) is 9.48. The standard InChI is InChI=1S/C45H26N4S2/c1-2-11-27(12-3-1)43-46-44(28-21-23-39-33(25-28)32-15-6-9-19-38(32)50-39)48-45(47-43)29-22-24-40-34(26-29)42-37(18-10-20-41(42)51-40)49-35-16-7-4-13-30(35)31-14-5-8-17-36(31)49/h1-26H/i1D,2D,3D,11D,12D. The lowest BCUT2D eigenvalue weighted by molar-refractivity contribution is 1.08. The summed E-state index contributed by atoms with van der Waals surface area (Å²) in [5.74, 6) is 0.691. The van der Waals surface area contributed by atoms with Gasteiger partial charge in [0.25, 0.3) is 0 Å². The molecule has 4 heterocycles. The molecule has 0 N–H and O–H groups in total. The fourth-order valence-electron chi connectivity index (χ4n) is 7.29. The fraction of sp³-hybridized carbons (Fsp3) is 0. The SMILES string of the molecule is [2H]c1c([2H])c([2H])c(-c2nc(-c3ccc4sc5ccccc5c4c3)nc(-c3ccc4sc5cccc(-n6c7ccccc7c7ccccc76)c5c4c3)n2)c([2H])c1[2H]. The van der Waals surface area contributed by atoms with E-state index in [9.17, 15) is 0 Å². The Labute approximate surface area is 307 Å². The van der Waals surface area contributed by atoms with E-state index in [0.717, 1.165) is 57.9 Å². The van der Waals surface area contributed by atoms with Crippen molar-refractivity contribution in [2.24, 2.45) is 0 Å². The molecule has 0 bridgehead atoms. The van der Waals surface area contributed by atoms with Crippen molar-refractivity contribution in [3.05, 3.63) is 158 Å². The first-order valence-electron chi connectivity index (χ1n) is 19.0. The molecule has 11 aromatic rings. The van der Waals surface area contributed by atoms with Gasteiger partial charge in [-0.3, -0.25) is 0 Å². The number of benzene rings is 7. The second-order valence-electron chi connectivity index (χ2n) is 12.4. The van der Waals surface area contributed by atoms with Crippen LogP contribution in [-0.2, 0) is 0 Å². The molecule has 0 atom stereocenters. The molecule has 0 fully saturated rings. The third-order valence-corrected chi connectivity index (χ3v) is 11.8. The van der Waals surface area contributed by atoms with Gasteiger partial charge in [-0.15, -0.1) is 22.7 Å². The molecule has 0 aliphatic rings. The molecule has 7 aromatic carbocycles. The molecule has 6 heteroatoms. The molecule has 51 heavy (non-hydrogen) atoms. The summed E-state index contributed by atoms with van der Waals surface area (Å²) in [4.78, 5) is 14.7. The maximum atomic E-state index is 8.81. The second-order valence-corrected chi connectivity index (χ2v) is 14.6. The van der Waals surface area contributed by atoms with Crippen LogP contribution in [0.15, 0.2) is 158 Å². The largest absolute Gasteiger partial charge is 0.309 e. The quantitative estimate of drug-likeness (QED) is 0.184. The van der Waals surface area contributed by atoms with Gasteiger partial charge in [0.1, 0.15) is 0 Å². The molecular weight excluding hydrogens is 661 g/mol. The number of hydrogen-bond acceptors (Lipinski definition) is 5. The summed E-state index contributed by atoms with van der Waals surface area (Å²) in [6.07, 6.45) is 0. The average molecular weight is 692 g/mol. The Hall–Kier alpha value is -6.21. The first-order chi connectivity index (χ1) is 27.3. The zero-order chi connectivity index (χ0) is 37.8. The van der Waals surface area contributed by atoms with Crippen molar-refractivity contribution < 1.29 is 6.85 Å². The summed E-state index contributed by atoms with van der Waals surface area (Å²) in [6, 6.07) is 41.8. The van der Waals surface area contributed by atoms with Gasteiger partial charge in [0.15, 0.2) is 17.5 Å². The maximum Gasteiger partial charge on any atom is 0.164 e. The minimum absolute atomic E-state index is 0.0125. The molecule has 0 aliphatic carbocycles. The Kier molecular flexibility index (Phi) is 5.25. The van der Waals surface area contributed by atoms with Gasteiger partial charge < -0.3 is 4.57 Å². The third kappa shape index (κ3) is 4.47. The van der Waals surface area contributed by atoms with E-state index in [0.29, 0.717) is 17.2 Å². The Morgan fingerprint density at radius 2 is 0.961 bits per heavy atom. The number of rotatable bonds is 4. The van der Waals surface area contributed by atoms with E-state index < -0.39 is 18.1 Å². The van der Waals surface area contributed by atoms with Crippen LogP contribution in [0.25, 0.3) is 102 Å². The monoisotopic (exact) mass is 691 g/mol. The number of fused-ring (bicyclic) bond motifs is 9. The number of nitrogens with zero attached hydrogens (tertiary/aromatic N) is 4. The van der Waals surface area contributed by atoms with Crippen LogP contribution in [0.2, 0.25) is 0 Å². The van der Waals surface area contributed by atoms with Crippen LogP contribution in [0.1, 0.15) is 6.85 Å². The van der Waals surface area contributed by atoms with Crippen molar-refractivity contribution in [2.75, 3.05) is 0 Å². The van der Waals surface area contributed by atoms with E-state index in [-0.39, 0.29) is 23.5 Å². The maximum absolute atomic E-state index is 8.81. The van der Waals surface area contributed by atoms with Crippen molar-refractivity contribution in [2.45, 2.75) is 0 Å². The molecule has 11 rings (SSSR count). The van der Waals surface area contributed by atoms with Gasteiger partial charge in [-0.05, 0) is 66.7 Å². The summed E-state index contributed by atoms with van der Waals surface area (Å²) >= 11 is 3.44. The van der Waals surface area contributed by atoms with E-state index in [1.807, 2.05) is 24.3 Å². The molecule has 4 aromatic heterocycles. The van der Waals surface area contributed by atoms with E-state index in [2.05, 4.69) is 108 Å². The van der Waals surface area contributed by atoms with Crippen LogP contribution in [0.4, 0.5) is 0 Å². The predicted octanol–water partition coefficient (Wildman–Crippen LogP) is 12.7. The van der Waals surface area contributed by atoms with E-state index in [4.69, 9.17) is 21.8 Å². The Morgan fingerprint density at radius 1 is 0.431 bits per heavy atom. The van der Waals surface area contributed by atoms with Crippen LogP contribution in [0.3, 0.4) is 0 Å². The lowest BCUT2D eigenvalue weighted by Gasteiger charge is -2.11. The minimum Gasteiger partial charge on any atom is -0.309 e. The number of aromatic nitrogens is 4. The summed E-state index contributed by atoms with van der Waals surface area (Å²) < 4.78 is 49.6. The van der Waals surface area contributed by atoms with Crippen LogP contribution in [-0.4, -0.2) is 19.5 Å². The summed E-state index contributed by atoms with van der Waals surface area (Å²) in [6.45, 7) is 0. The van der Waals surface area contributed by atoms with E-state index in [1.165, 1.54) is 15.5 Å². The van der Waals surface area contributed by atoms with Crippen LogP contribution >= 0.6 is 22.7 Å². The molecule has 0 unspecified atom stereocenters. The van der Waals surface area contributed by atoms with Gasteiger partial charge in [0.05, 0.1) is 23.6 Å². The Morgan fingerprint density at radius 3 is 1.67 bits per heavy atom.